The van der Waals surface area contributed by atoms with Gasteiger partial charge in [-0.2, -0.15) is 0 Å². The van der Waals surface area contributed by atoms with Crippen LogP contribution in [0.25, 0.3) is 16.5 Å². The molecule has 0 atom stereocenters. The number of benzene rings is 1. The zero-order valence-corrected chi connectivity index (χ0v) is 18.2. The second kappa shape index (κ2) is 8.11. The maximum atomic E-state index is 6.27. The third-order valence-corrected chi connectivity index (χ3v) is 7.18. The molecule has 28 heavy (non-hydrogen) atoms. The molecule has 0 amide bonds. The Morgan fingerprint density at radius 2 is 2.11 bits per heavy atom. The van der Waals surface area contributed by atoms with Crippen LogP contribution in [0.4, 0.5) is 0 Å². The first kappa shape index (κ1) is 19.2. The van der Waals surface area contributed by atoms with E-state index in [1.165, 1.54) is 10.4 Å². The van der Waals surface area contributed by atoms with Crippen LogP contribution in [0.15, 0.2) is 46.2 Å². The average Bonchev–Trinajstić information content (AvgIpc) is 3.41. The van der Waals surface area contributed by atoms with E-state index < -0.39 is 0 Å². The van der Waals surface area contributed by atoms with Crippen molar-refractivity contribution in [2.45, 2.75) is 38.1 Å². The van der Waals surface area contributed by atoms with Crippen LogP contribution in [0.3, 0.4) is 0 Å². The molecule has 0 N–H and O–H groups in total. The summed E-state index contributed by atoms with van der Waals surface area (Å²) in [6.45, 7) is 6.27. The molecule has 3 aromatic heterocycles. The maximum absolute atomic E-state index is 6.27. The van der Waals surface area contributed by atoms with Crippen molar-refractivity contribution >= 4 is 34.7 Å². The summed E-state index contributed by atoms with van der Waals surface area (Å²) >= 11 is 9.53. The number of nitrogens with zero attached hydrogens (tertiary/aromatic N) is 4. The van der Waals surface area contributed by atoms with E-state index in [0.717, 1.165) is 32.7 Å². The van der Waals surface area contributed by atoms with Gasteiger partial charge in [-0.1, -0.05) is 36.4 Å². The Bertz CT molecular complexity index is 1120. The minimum absolute atomic E-state index is 0.550. The molecule has 144 valence electrons. The third-order valence-electron chi connectivity index (χ3n) is 4.45. The summed E-state index contributed by atoms with van der Waals surface area (Å²) in [5.41, 5.74) is 3.30. The fourth-order valence-corrected chi connectivity index (χ4v) is 4.96. The molecule has 0 unspecified atom stereocenters. The molecule has 4 rings (SSSR count). The van der Waals surface area contributed by atoms with Crippen molar-refractivity contribution in [2.24, 2.45) is 0 Å². The highest BCUT2D eigenvalue weighted by atomic mass is 35.5. The fourth-order valence-electron chi connectivity index (χ4n) is 2.95. The van der Waals surface area contributed by atoms with Gasteiger partial charge < -0.3 is 4.42 Å². The van der Waals surface area contributed by atoms with Crippen molar-refractivity contribution in [1.82, 2.24) is 19.7 Å². The first-order valence-corrected chi connectivity index (χ1v) is 11.1. The number of imidazole rings is 1. The molecule has 0 aliphatic rings. The fraction of sp³-hybridized carbons (Fsp3) is 0.250. The summed E-state index contributed by atoms with van der Waals surface area (Å²) in [5, 5.41) is 10.0. The lowest BCUT2D eigenvalue weighted by atomic mass is 10.2. The van der Waals surface area contributed by atoms with Crippen LogP contribution in [0.1, 0.15) is 28.8 Å². The number of thiophene rings is 1. The van der Waals surface area contributed by atoms with Crippen LogP contribution in [0, 0.1) is 13.8 Å². The van der Waals surface area contributed by atoms with Crippen molar-refractivity contribution in [3.63, 3.8) is 0 Å². The second-order valence-electron chi connectivity index (χ2n) is 6.32. The summed E-state index contributed by atoms with van der Waals surface area (Å²) in [6, 6.07) is 7.97. The molecule has 5 nitrogen and oxygen atoms in total. The van der Waals surface area contributed by atoms with E-state index in [0.29, 0.717) is 17.5 Å². The number of thioether (sulfide) groups is 1. The summed E-state index contributed by atoms with van der Waals surface area (Å²) in [7, 11) is 0. The molecule has 8 heteroatoms. The zero-order valence-electron chi connectivity index (χ0n) is 15.8. The third kappa shape index (κ3) is 3.74. The average molecular weight is 431 g/mol. The Hall–Kier alpha value is -2.09. The number of halogens is 1. The van der Waals surface area contributed by atoms with Crippen LogP contribution < -0.4 is 0 Å². The number of rotatable bonds is 6. The van der Waals surface area contributed by atoms with E-state index in [1.807, 2.05) is 35.9 Å². The number of hydrogen-bond donors (Lipinski definition) is 0. The van der Waals surface area contributed by atoms with Crippen molar-refractivity contribution in [3.05, 3.63) is 63.6 Å². The van der Waals surface area contributed by atoms with Gasteiger partial charge in [0, 0.05) is 22.3 Å². The van der Waals surface area contributed by atoms with Gasteiger partial charge >= 0.3 is 0 Å². The zero-order chi connectivity index (χ0) is 19.7. The van der Waals surface area contributed by atoms with Gasteiger partial charge in [-0.05, 0) is 49.6 Å². The van der Waals surface area contributed by atoms with Crippen LogP contribution in [-0.4, -0.2) is 19.7 Å². The molecule has 0 aliphatic heterocycles. The summed E-state index contributed by atoms with van der Waals surface area (Å²) in [5.74, 6) is 1.72. The number of aromatic nitrogens is 4. The van der Waals surface area contributed by atoms with Gasteiger partial charge in [0.2, 0.25) is 5.89 Å². The van der Waals surface area contributed by atoms with Gasteiger partial charge in [0.1, 0.15) is 0 Å². The standard InChI is InChI=1S/C20H19ClN4OS2/c1-4-16-12(2)10-17(28-16)19-24-23-18(26-19)11-27-20-22-8-9-25(20)15-7-5-6-14(21)13(15)3/h5-10H,4,11H2,1-3H3. The topological polar surface area (TPSA) is 56.7 Å². The van der Waals surface area contributed by atoms with E-state index >= 15 is 0 Å². The van der Waals surface area contributed by atoms with Gasteiger partial charge in [-0.15, -0.1) is 21.5 Å². The largest absolute Gasteiger partial charge is 0.419 e. The Labute approximate surface area is 176 Å². The number of aryl methyl sites for hydroxylation is 2. The van der Waals surface area contributed by atoms with E-state index in [1.54, 1.807) is 29.3 Å². The van der Waals surface area contributed by atoms with E-state index in [-0.39, 0.29) is 0 Å². The van der Waals surface area contributed by atoms with Crippen LogP contribution in [0.5, 0.6) is 0 Å². The highest BCUT2D eigenvalue weighted by molar-refractivity contribution is 7.98. The van der Waals surface area contributed by atoms with Crippen molar-refractivity contribution in [3.8, 4) is 16.5 Å². The molecule has 0 saturated carbocycles. The number of hydrogen-bond acceptors (Lipinski definition) is 6. The molecule has 0 saturated heterocycles. The van der Waals surface area contributed by atoms with Gasteiger partial charge in [-0.25, -0.2) is 4.98 Å². The van der Waals surface area contributed by atoms with Crippen molar-refractivity contribution < 1.29 is 4.42 Å². The molecular formula is C20H19ClN4OS2. The summed E-state index contributed by atoms with van der Waals surface area (Å²) < 4.78 is 7.91. The second-order valence-corrected chi connectivity index (χ2v) is 8.81. The van der Waals surface area contributed by atoms with Gasteiger partial charge in [0.15, 0.2) is 5.16 Å². The maximum Gasteiger partial charge on any atom is 0.257 e. The van der Waals surface area contributed by atoms with Crippen LogP contribution >= 0.6 is 34.7 Å². The normalized spacial score (nSPS) is 11.3. The summed E-state index contributed by atoms with van der Waals surface area (Å²) in [6.07, 6.45) is 4.72. The Morgan fingerprint density at radius 1 is 1.25 bits per heavy atom. The predicted molar refractivity (Wildman–Crippen MR) is 115 cm³/mol. The molecule has 0 fully saturated rings. The highest BCUT2D eigenvalue weighted by Gasteiger charge is 2.15. The molecule has 0 spiro atoms. The molecule has 0 aliphatic carbocycles. The Morgan fingerprint density at radius 3 is 2.89 bits per heavy atom. The lowest BCUT2D eigenvalue weighted by Crippen LogP contribution is -1.98. The highest BCUT2D eigenvalue weighted by Crippen LogP contribution is 2.32. The van der Waals surface area contributed by atoms with Gasteiger partial charge in [0.05, 0.1) is 16.3 Å². The molecular weight excluding hydrogens is 412 g/mol. The lowest BCUT2D eigenvalue weighted by molar-refractivity contribution is 0.529. The molecule has 0 radical (unpaired) electrons. The predicted octanol–water partition coefficient (Wildman–Crippen LogP) is 6.11. The molecule has 3 heterocycles. The SMILES string of the molecule is CCc1sc(-c2nnc(CSc3nccn3-c3cccc(Cl)c3C)o2)cc1C. The first-order chi connectivity index (χ1) is 13.6. The van der Waals surface area contributed by atoms with Gasteiger partial charge in [-0.3, -0.25) is 4.57 Å². The van der Waals surface area contributed by atoms with Crippen LogP contribution in [-0.2, 0) is 12.2 Å². The first-order valence-electron chi connectivity index (χ1n) is 8.90. The molecule has 4 aromatic rings. The van der Waals surface area contributed by atoms with Crippen molar-refractivity contribution in [2.75, 3.05) is 0 Å². The van der Waals surface area contributed by atoms with Gasteiger partial charge in [0.25, 0.3) is 5.89 Å². The molecule has 0 bridgehead atoms. The van der Waals surface area contributed by atoms with E-state index in [9.17, 15) is 0 Å². The summed E-state index contributed by atoms with van der Waals surface area (Å²) in [4.78, 5) is 6.84. The van der Waals surface area contributed by atoms with E-state index in [4.69, 9.17) is 16.0 Å². The minimum Gasteiger partial charge on any atom is -0.419 e. The smallest absolute Gasteiger partial charge is 0.257 e. The molecule has 1 aromatic carbocycles. The van der Waals surface area contributed by atoms with Crippen LogP contribution in [0.2, 0.25) is 5.02 Å². The minimum atomic E-state index is 0.550. The Kier molecular flexibility index (Phi) is 5.57. The lowest BCUT2D eigenvalue weighted by Gasteiger charge is -2.10. The monoisotopic (exact) mass is 430 g/mol. The quantitative estimate of drug-likeness (QED) is 0.345. The Balaban J connectivity index is 1.51. The van der Waals surface area contributed by atoms with Crippen molar-refractivity contribution in [1.29, 1.82) is 0 Å². The van der Waals surface area contributed by atoms with E-state index in [2.05, 4.69) is 35.1 Å².